The van der Waals surface area contributed by atoms with Crippen LogP contribution in [-0.4, -0.2) is 36.3 Å². The zero-order chi connectivity index (χ0) is 13.8. The molecule has 1 amide bonds. The topological polar surface area (TPSA) is 70.6 Å². The molecular formula is C12H14F2N2O3. The number of alkyl halides is 2. The highest BCUT2D eigenvalue weighted by Crippen LogP contribution is 2.20. The summed E-state index contributed by atoms with van der Waals surface area (Å²) in [6, 6.07) is 5.29. The molecule has 3 N–H and O–H groups in total. The van der Waals surface area contributed by atoms with Crippen molar-refractivity contribution in [1.82, 2.24) is 5.32 Å². The quantitative estimate of drug-likeness (QED) is 0.763. The molecule has 0 bridgehead atoms. The summed E-state index contributed by atoms with van der Waals surface area (Å²) in [4.78, 5) is 11.8. The van der Waals surface area contributed by atoms with Crippen LogP contribution in [0.25, 0.3) is 0 Å². The molecule has 0 saturated carbocycles. The van der Waals surface area contributed by atoms with Gasteiger partial charge in [-0.15, -0.1) is 0 Å². The number of carbonyl (C=O) groups is 1. The van der Waals surface area contributed by atoms with Crippen LogP contribution in [0.3, 0.4) is 0 Å². The van der Waals surface area contributed by atoms with Crippen LogP contribution >= 0.6 is 0 Å². The number of halogens is 2. The van der Waals surface area contributed by atoms with Gasteiger partial charge in [0.15, 0.2) is 0 Å². The highest BCUT2D eigenvalue weighted by atomic mass is 19.3. The van der Waals surface area contributed by atoms with E-state index in [1.807, 2.05) is 0 Å². The Morgan fingerprint density at radius 2 is 2.32 bits per heavy atom. The van der Waals surface area contributed by atoms with E-state index in [1.165, 1.54) is 18.2 Å². The number of hydrogen-bond acceptors (Lipinski definition) is 4. The summed E-state index contributed by atoms with van der Waals surface area (Å²) in [5.74, 6) is -0.335. The van der Waals surface area contributed by atoms with Crippen molar-refractivity contribution in [2.24, 2.45) is 0 Å². The highest BCUT2D eigenvalue weighted by molar-refractivity contribution is 5.95. The summed E-state index contributed by atoms with van der Waals surface area (Å²) < 4.78 is 28.4. The fourth-order valence-corrected chi connectivity index (χ4v) is 1.90. The molecular weight excluding hydrogens is 258 g/mol. The van der Waals surface area contributed by atoms with Gasteiger partial charge in [-0.05, 0) is 18.6 Å². The lowest BCUT2D eigenvalue weighted by atomic mass is 10.2. The molecule has 0 aliphatic carbocycles. The minimum Gasteiger partial charge on any atom is -0.435 e. The molecule has 2 unspecified atom stereocenters. The molecule has 1 aromatic carbocycles. The molecule has 2 rings (SSSR count). The Morgan fingerprint density at radius 3 is 2.95 bits per heavy atom. The Bertz CT molecular complexity index is 456. The van der Waals surface area contributed by atoms with Crippen LogP contribution in [0.2, 0.25) is 0 Å². The van der Waals surface area contributed by atoms with Gasteiger partial charge in [0.05, 0.1) is 12.1 Å². The number of aliphatic hydroxyl groups excluding tert-OH is 1. The van der Waals surface area contributed by atoms with Gasteiger partial charge in [0.25, 0.3) is 0 Å². The van der Waals surface area contributed by atoms with Gasteiger partial charge in [-0.2, -0.15) is 8.78 Å². The summed E-state index contributed by atoms with van der Waals surface area (Å²) in [5, 5.41) is 14.8. The van der Waals surface area contributed by atoms with Gasteiger partial charge in [0.1, 0.15) is 5.75 Å². The Balaban J connectivity index is 1.96. The van der Waals surface area contributed by atoms with Crippen LogP contribution in [0, 0.1) is 0 Å². The number of amides is 1. The van der Waals surface area contributed by atoms with E-state index in [-0.39, 0.29) is 11.7 Å². The second kappa shape index (κ2) is 5.94. The van der Waals surface area contributed by atoms with Gasteiger partial charge in [0, 0.05) is 18.3 Å². The summed E-state index contributed by atoms with van der Waals surface area (Å²) in [7, 11) is 0. The van der Waals surface area contributed by atoms with Gasteiger partial charge in [-0.1, -0.05) is 6.07 Å². The lowest BCUT2D eigenvalue weighted by molar-refractivity contribution is -0.117. The molecule has 1 saturated heterocycles. The molecule has 7 heteroatoms. The Kier molecular flexibility index (Phi) is 4.28. The zero-order valence-corrected chi connectivity index (χ0v) is 9.98. The van der Waals surface area contributed by atoms with Crippen molar-refractivity contribution in [1.29, 1.82) is 0 Å². The first-order valence-corrected chi connectivity index (χ1v) is 5.82. The maximum atomic E-state index is 12.1. The maximum Gasteiger partial charge on any atom is 0.387 e. The lowest BCUT2D eigenvalue weighted by Crippen LogP contribution is -2.35. The summed E-state index contributed by atoms with van der Waals surface area (Å²) in [6.45, 7) is -2.54. The fraction of sp³-hybridized carbons (Fsp3) is 0.417. The van der Waals surface area contributed by atoms with Crippen LogP contribution in [0.4, 0.5) is 14.5 Å². The van der Waals surface area contributed by atoms with Gasteiger partial charge >= 0.3 is 6.61 Å². The molecule has 1 aliphatic rings. The van der Waals surface area contributed by atoms with E-state index < -0.39 is 18.8 Å². The van der Waals surface area contributed by atoms with Gasteiger partial charge in [0.2, 0.25) is 5.91 Å². The van der Waals surface area contributed by atoms with E-state index in [9.17, 15) is 18.7 Å². The molecule has 1 aliphatic heterocycles. The summed E-state index contributed by atoms with van der Waals surface area (Å²) >= 11 is 0. The standard InChI is InChI=1S/C12H14F2N2O3/c13-12(14)19-9-3-1-2-7(4-9)16-11(18)10-5-8(17)6-15-10/h1-4,8,10,12,15,17H,5-6H2,(H,16,18). The van der Waals surface area contributed by atoms with E-state index in [1.54, 1.807) is 6.07 Å². The number of anilines is 1. The highest BCUT2D eigenvalue weighted by Gasteiger charge is 2.27. The molecule has 5 nitrogen and oxygen atoms in total. The van der Waals surface area contributed by atoms with Crippen LogP contribution in [0.1, 0.15) is 6.42 Å². The maximum absolute atomic E-state index is 12.1. The Hall–Kier alpha value is -1.73. The van der Waals surface area contributed by atoms with Crippen molar-refractivity contribution in [2.75, 3.05) is 11.9 Å². The van der Waals surface area contributed by atoms with Crippen molar-refractivity contribution >= 4 is 11.6 Å². The largest absolute Gasteiger partial charge is 0.435 e. The average Bonchev–Trinajstić information content (AvgIpc) is 2.75. The number of carbonyl (C=O) groups excluding carboxylic acids is 1. The van der Waals surface area contributed by atoms with Crippen LogP contribution < -0.4 is 15.4 Å². The molecule has 1 heterocycles. The molecule has 2 atom stereocenters. The van der Waals surface area contributed by atoms with E-state index >= 15 is 0 Å². The van der Waals surface area contributed by atoms with E-state index in [0.717, 1.165) is 0 Å². The monoisotopic (exact) mass is 272 g/mol. The number of rotatable bonds is 4. The second-order valence-corrected chi connectivity index (χ2v) is 4.25. The first kappa shape index (κ1) is 13.7. The third kappa shape index (κ3) is 3.87. The number of ether oxygens (including phenoxy) is 1. The molecule has 1 aromatic rings. The minimum absolute atomic E-state index is 0.0211. The van der Waals surface area contributed by atoms with Crippen molar-refractivity contribution in [3.8, 4) is 5.75 Å². The van der Waals surface area contributed by atoms with Gasteiger partial charge in [-0.25, -0.2) is 0 Å². The Labute approximate surface area is 108 Å². The number of nitrogens with one attached hydrogen (secondary N) is 2. The Morgan fingerprint density at radius 1 is 1.53 bits per heavy atom. The number of β-amino-alcohol motifs (C(OH)–C–C–N with tert-alkyl or cyclic N) is 1. The van der Waals surface area contributed by atoms with E-state index in [2.05, 4.69) is 15.4 Å². The number of benzene rings is 1. The number of aliphatic hydroxyl groups is 1. The predicted molar refractivity (Wildman–Crippen MR) is 64.1 cm³/mol. The van der Waals surface area contributed by atoms with Crippen molar-refractivity contribution in [2.45, 2.75) is 25.2 Å². The zero-order valence-electron chi connectivity index (χ0n) is 9.98. The normalized spacial score (nSPS) is 22.5. The predicted octanol–water partition coefficient (Wildman–Crippen LogP) is 0.949. The fourth-order valence-electron chi connectivity index (χ4n) is 1.90. The van der Waals surface area contributed by atoms with E-state index in [4.69, 9.17) is 0 Å². The van der Waals surface area contributed by atoms with Gasteiger partial charge < -0.3 is 20.5 Å². The van der Waals surface area contributed by atoms with E-state index in [0.29, 0.717) is 18.7 Å². The SMILES string of the molecule is O=C(Nc1cccc(OC(F)F)c1)C1CC(O)CN1. The third-order valence-electron chi connectivity index (χ3n) is 2.75. The smallest absolute Gasteiger partial charge is 0.387 e. The summed E-state index contributed by atoms with van der Waals surface area (Å²) in [6.07, 6.45) is -0.205. The van der Waals surface area contributed by atoms with Crippen molar-refractivity contribution < 1.29 is 23.4 Å². The molecule has 0 spiro atoms. The first-order chi connectivity index (χ1) is 9.04. The molecule has 104 valence electrons. The third-order valence-corrected chi connectivity index (χ3v) is 2.75. The molecule has 0 aromatic heterocycles. The lowest BCUT2D eigenvalue weighted by Gasteiger charge is -2.12. The molecule has 1 fully saturated rings. The molecule has 0 radical (unpaired) electrons. The van der Waals surface area contributed by atoms with Crippen molar-refractivity contribution in [3.05, 3.63) is 24.3 Å². The van der Waals surface area contributed by atoms with Crippen LogP contribution in [-0.2, 0) is 4.79 Å². The van der Waals surface area contributed by atoms with Crippen LogP contribution in [0.5, 0.6) is 5.75 Å². The average molecular weight is 272 g/mol. The number of hydrogen-bond donors (Lipinski definition) is 3. The van der Waals surface area contributed by atoms with Crippen molar-refractivity contribution in [3.63, 3.8) is 0 Å². The van der Waals surface area contributed by atoms with Crippen LogP contribution in [0.15, 0.2) is 24.3 Å². The second-order valence-electron chi connectivity index (χ2n) is 4.25. The summed E-state index contributed by atoms with van der Waals surface area (Å²) in [5.41, 5.74) is 0.367. The first-order valence-electron chi connectivity index (χ1n) is 5.82. The van der Waals surface area contributed by atoms with Gasteiger partial charge in [-0.3, -0.25) is 4.79 Å². The molecule has 19 heavy (non-hydrogen) atoms. The minimum atomic E-state index is -2.91.